The molecule has 1 aromatic carbocycles. The second-order valence-corrected chi connectivity index (χ2v) is 8.18. The molecule has 1 aromatic rings. The minimum Gasteiger partial charge on any atom is -0.342 e. The summed E-state index contributed by atoms with van der Waals surface area (Å²) in [7, 11) is 0. The van der Waals surface area contributed by atoms with E-state index in [2.05, 4.69) is 29.7 Å². The van der Waals surface area contributed by atoms with Gasteiger partial charge in [0, 0.05) is 32.6 Å². The summed E-state index contributed by atoms with van der Waals surface area (Å²) in [6, 6.07) is 8.38. The third-order valence-electron chi connectivity index (χ3n) is 6.66. The van der Waals surface area contributed by atoms with Crippen molar-refractivity contribution in [3.8, 4) is 0 Å². The van der Waals surface area contributed by atoms with Gasteiger partial charge in [0.1, 0.15) is 0 Å². The topological polar surface area (TPSA) is 40.6 Å². The number of likely N-dealkylation sites (tertiary alicyclic amines) is 2. The molecule has 4 nitrogen and oxygen atoms in total. The Kier molecular flexibility index (Phi) is 4.60. The first-order valence-corrected chi connectivity index (χ1v) is 9.87. The molecule has 26 heavy (non-hydrogen) atoms. The molecule has 2 aliphatic heterocycles. The van der Waals surface area contributed by atoms with E-state index in [1.165, 1.54) is 11.1 Å². The summed E-state index contributed by atoms with van der Waals surface area (Å²) in [6.45, 7) is 6.89. The fourth-order valence-corrected chi connectivity index (χ4v) is 5.07. The molecule has 1 spiro atoms. The van der Waals surface area contributed by atoms with Crippen LogP contribution in [0.25, 0.3) is 0 Å². The number of rotatable bonds is 3. The number of hydrogen-bond acceptors (Lipinski definition) is 2. The van der Waals surface area contributed by atoms with Crippen molar-refractivity contribution >= 4 is 11.8 Å². The van der Waals surface area contributed by atoms with E-state index in [4.69, 9.17) is 0 Å². The third-order valence-corrected chi connectivity index (χ3v) is 6.66. The number of fused-ring (bicyclic) bond motifs is 1. The molecule has 0 bridgehead atoms. The number of carbonyl (C=O) groups is 2. The summed E-state index contributed by atoms with van der Waals surface area (Å²) in [5, 5.41) is 0. The number of hydrogen-bond donors (Lipinski definition) is 0. The van der Waals surface area contributed by atoms with Gasteiger partial charge in [0.25, 0.3) is 0 Å². The molecule has 2 amide bonds. The first kappa shape index (κ1) is 17.3. The van der Waals surface area contributed by atoms with Crippen LogP contribution in [0.2, 0.25) is 0 Å². The Hall–Kier alpha value is -2.10. The zero-order chi connectivity index (χ0) is 18.1. The number of amides is 2. The Balaban J connectivity index is 1.40. The molecular weight excluding hydrogens is 324 g/mol. The van der Waals surface area contributed by atoms with Gasteiger partial charge in [-0.3, -0.25) is 9.59 Å². The van der Waals surface area contributed by atoms with Crippen LogP contribution in [0.1, 0.15) is 49.1 Å². The highest BCUT2D eigenvalue weighted by Gasteiger charge is 2.42. The Bertz CT molecular complexity index is 719. The minimum atomic E-state index is 0.0467. The lowest BCUT2D eigenvalue weighted by Gasteiger charge is -2.47. The van der Waals surface area contributed by atoms with Gasteiger partial charge in [0.15, 0.2) is 0 Å². The molecule has 4 rings (SSSR count). The number of aryl methyl sites for hydroxylation is 1. The molecule has 0 radical (unpaired) electrons. The standard InChI is InChI=1S/C22H28N2O2/c1-2-13-24-16-22(10-9-20(24)25)11-14-23(15-12-22)21(26)19-8-7-17-5-3-4-6-18(17)19/h2-6,19H,1,7-16H2. The second kappa shape index (κ2) is 6.90. The summed E-state index contributed by atoms with van der Waals surface area (Å²) in [5.74, 6) is 0.599. The molecule has 2 heterocycles. The molecule has 1 aliphatic carbocycles. The van der Waals surface area contributed by atoms with Crippen LogP contribution in [0.3, 0.4) is 0 Å². The molecule has 0 N–H and O–H groups in total. The normalized spacial score (nSPS) is 24.6. The number of piperidine rings is 2. The van der Waals surface area contributed by atoms with Crippen LogP contribution in [0.5, 0.6) is 0 Å². The van der Waals surface area contributed by atoms with E-state index >= 15 is 0 Å². The summed E-state index contributed by atoms with van der Waals surface area (Å²) in [4.78, 5) is 29.2. The third kappa shape index (κ3) is 3.06. The van der Waals surface area contributed by atoms with Crippen LogP contribution in [0.15, 0.2) is 36.9 Å². The van der Waals surface area contributed by atoms with Gasteiger partial charge in [0.2, 0.25) is 11.8 Å². The molecule has 1 atom stereocenters. The predicted octanol–water partition coefficient (Wildman–Crippen LogP) is 3.13. The first-order chi connectivity index (χ1) is 12.6. The largest absolute Gasteiger partial charge is 0.342 e. The maximum Gasteiger partial charge on any atom is 0.230 e. The number of carbonyl (C=O) groups excluding carboxylic acids is 2. The van der Waals surface area contributed by atoms with Crippen molar-refractivity contribution in [2.45, 2.75) is 44.4 Å². The van der Waals surface area contributed by atoms with Crippen LogP contribution >= 0.6 is 0 Å². The van der Waals surface area contributed by atoms with E-state index in [1.807, 2.05) is 17.0 Å². The summed E-state index contributed by atoms with van der Waals surface area (Å²) in [5.41, 5.74) is 2.77. The van der Waals surface area contributed by atoms with Gasteiger partial charge in [-0.05, 0) is 48.6 Å². The van der Waals surface area contributed by atoms with Gasteiger partial charge in [-0.15, -0.1) is 6.58 Å². The van der Waals surface area contributed by atoms with Crippen LogP contribution in [-0.2, 0) is 16.0 Å². The lowest BCUT2D eigenvalue weighted by molar-refractivity contribution is -0.142. The average molecular weight is 352 g/mol. The van der Waals surface area contributed by atoms with Crippen molar-refractivity contribution in [3.63, 3.8) is 0 Å². The quantitative estimate of drug-likeness (QED) is 0.784. The Morgan fingerprint density at radius 3 is 2.73 bits per heavy atom. The lowest BCUT2D eigenvalue weighted by Crippen LogP contribution is -2.52. The van der Waals surface area contributed by atoms with Crippen molar-refractivity contribution in [2.24, 2.45) is 5.41 Å². The molecule has 0 aromatic heterocycles. The second-order valence-electron chi connectivity index (χ2n) is 8.18. The van der Waals surface area contributed by atoms with E-state index in [1.54, 1.807) is 0 Å². The van der Waals surface area contributed by atoms with Crippen LogP contribution in [-0.4, -0.2) is 47.8 Å². The highest BCUT2D eigenvalue weighted by Crippen LogP contribution is 2.42. The zero-order valence-electron chi connectivity index (χ0n) is 15.5. The van der Waals surface area contributed by atoms with Gasteiger partial charge in [0.05, 0.1) is 5.92 Å². The molecule has 4 heteroatoms. The average Bonchev–Trinajstić information content (AvgIpc) is 3.09. The Morgan fingerprint density at radius 1 is 1.19 bits per heavy atom. The van der Waals surface area contributed by atoms with Gasteiger partial charge < -0.3 is 9.80 Å². The van der Waals surface area contributed by atoms with E-state index in [9.17, 15) is 9.59 Å². The van der Waals surface area contributed by atoms with E-state index in [0.717, 1.165) is 51.7 Å². The summed E-state index contributed by atoms with van der Waals surface area (Å²) < 4.78 is 0. The molecule has 1 unspecified atom stereocenters. The fraction of sp³-hybridized carbons (Fsp3) is 0.545. The molecule has 3 aliphatic rings. The van der Waals surface area contributed by atoms with Crippen molar-refractivity contribution in [1.82, 2.24) is 9.80 Å². The highest BCUT2D eigenvalue weighted by atomic mass is 16.2. The molecule has 138 valence electrons. The van der Waals surface area contributed by atoms with Gasteiger partial charge in [-0.1, -0.05) is 30.3 Å². The van der Waals surface area contributed by atoms with E-state index < -0.39 is 0 Å². The van der Waals surface area contributed by atoms with Crippen molar-refractivity contribution in [3.05, 3.63) is 48.0 Å². The van der Waals surface area contributed by atoms with Gasteiger partial charge in [-0.2, -0.15) is 0 Å². The SMILES string of the molecule is C=CCN1CC2(CCC1=O)CCN(C(=O)C1CCc3ccccc31)CC2. The predicted molar refractivity (Wildman–Crippen MR) is 102 cm³/mol. The fourth-order valence-electron chi connectivity index (χ4n) is 5.07. The van der Waals surface area contributed by atoms with E-state index in [-0.39, 0.29) is 17.2 Å². The molecule has 2 saturated heterocycles. The van der Waals surface area contributed by atoms with Gasteiger partial charge in [-0.25, -0.2) is 0 Å². The van der Waals surface area contributed by atoms with Crippen LogP contribution < -0.4 is 0 Å². The smallest absolute Gasteiger partial charge is 0.230 e. The summed E-state index contributed by atoms with van der Waals surface area (Å²) >= 11 is 0. The number of nitrogens with zero attached hydrogens (tertiary/aromatic N) is 2. The van der Waals surface area contributed by atoms with Gasteiger partial charge >= 0.3 is 0 Å². The Labute approximate surface area is 155 Å². The lowest BCUT2D eigenvalue weighted by atomic mass is 9.72. The monoisotopic (exact) mass is 352 g/mol. The van der Waals surface area contributed by atoms with Crippen molar-refractivity contribution in [2.75, 3.05) is 26.2 Å². The molecule has 2 fully saturated rings. The molecule has 0 saturated carbocycles. The van der Waals surface area contributed by atoms with Crippen molar-refractivity contribution in [1.29, 1.82) is 0 Å². The maximum absolute atomic E-state index is 13.1. The Morgan fingerprint density at radius 2 is 1.96 bits per heavy atom. The number of benzene rings is 1. The highest BCUT2D eigenvalue weighted by molar-refractivity contribution is 5.85. The van der Waals surface area contributed by atoms with E-state index in [0.29, 0.717) is 18.9 Å². The molecular formula is C22H28N2O2. The van der Waals surface area contributed by atoms with Crippen LogP contribution in [0.4, 0.5) is 0 Å². The minimum absolute atomic E-state index is 0.0467. The van der Waals surface area contributed by atoms with Crippen molar-refractivity contribution < 1.29 is 9.59 Å². The summed E-state index contributed by atoms with van der Waals surface area (Å²) in [6.07, 6.45) is 7.39. The zero-order valence-corrected chi connectivity index (χ0v) is 15.5. The first-order valence-electron chi connectivity index (χ1n) is 9.87. The maximum atomic E-state index is 13.1. The van der Waals surface area contributed by atoms with Crippen LogP contribution in [0, 0.1) is 5.41 Å².